The van der Waals surface area contributed by atoms with Gasteiger partial charge in [-0.25, -0.2) is 4.98 Å². The van der Waals surface area contributed by atoms with Gasteiger partial charge in [0.05, 0.1) is 6.17 Å². The van der Waals surface area contributed by atoms with Crippen molar-refractivity contribution in [3.8, 4) is 0 Å². The molecular weight excluding hydrogens is 372 g/mol. The highest BCUT2D eigenvalue weighted by atomic mass is 16.2. The quantitative estimate of drug-likeness (QED) is 0.659. The van der Waals surface area contributed by atoms with E-state index in [2.05, 4.69) is 30.7 Å². The van der Waals surface area contributed by atoms with Crippen molar-refractivity contribution in [2.75, 3.05) is 37.6 Å². The topological polar surface area (TPSA) is 108 Å². The van der Waals surface area contributed by atoms with Gasteiger partial charge in [0.25, 0.3) is 0 Å². The van der Waals surface area contributed by atoms with Crippen molar-refractivity contribution in [2.24, 2.45) is 11.8 Å². The van der Waals surface area contributed by atoms with E-state index in [-0.39, 0.29) is 18.0 Å². The summed E-state index contributed by atoms with van der Waals surface area (Å²) in [5.41, 5.74) is 0.729. The van der Waals surface area contributed by atoms with E-state index in [1.165, 1.54) is 0 Å². The molecule has 2 aromatic heterocycles. The number of hydrogen-bond donors (Lipinski definition) is 2. The van der Waals surface area contributed by atoms with Gasteiger partial charge in [-0.1, -0.05) is 0 Å². The van der Waals surface area contributed by atoms with Crippen LogP contribution in [0.4, 0.5) is 5.82 Å². The molecule has 0 aromatic carbocycles. The van der Waals surface area contributed by atoms with Gasteiger partial charge >= 0.3 is 0 Å². The van der Waals surface area contributed by atoms with Crippen LogP contribution in [0.15, 0.2) is 12.4 Å². The molecule has 0 spiro atoms. The Hall–Kier alpha value is -2.75. The van der Waals surface area contributed by atoms with Crippen molar-refractivity contribution in [1.82, 2.24) is 35.1 Å². The van der Waals surface area contributed by atoms with Crippen molar-refractivity contribution in [3.63, 3.8) is 0 Å². The number of aryl methyl sites for hydroxylation is 1. The Morgan fingerprint density at radius 3 is 2.86 bits per heavy atom. The molecule has 10 nitrogen and oxygen atoms in total. The molecule has 3 aliphatic rings. The summed E-state index contributed by atoms with van der Waals surface area (Å²) in [4.78, 5) is 34.1. The van der Waals surface area contributed by atoms with Gasteiger partial charge in [0.1, 0.15) is 11.7 Å². The standard InChI is InChI=1S/C19H26N8O2/c1-12-23-24-17-16(21-5-6-27(12)17)25-7-9-26(10-8-25)19(29)14-11-13-3-2-4-20-15(13)22-18(14)28/h5-6,13-15,20H,2-4,7-11H2,1H3,(H,22,28). The summed E-state index contributed by atoms with van der Waals surface area (Å²) >= 11 is 0. The molecule has 3 aliphatic heterocycles. The summed E-state index contributed by atoms with van der Waals surface area (Å²) in [7, 11) is 0. The fourth-order valence-corrected chi connectivity index (χ4v) is 4.77. The average Bonchev–Trinajstić information content (AvgIpc) is 3.14. The van der Waals surface area contributed by atoms with Gasteiger partial charge in [-0.15, -0.1) is 10.2 Å². The predicted octanol–water partition coefficient (Wildman–Crippen LogP) is -0.457. The molecule has 2 N–H and O–H groups in total. The van der Waals surface area contributed by atoms with Gasteiger partial charge in [-0.3, -0.25) is 19.3 Å². The molecule has 3 fully saturated rings. The fourth-order valence-electron chi connectivity index (χ4n) is 4.77. The highest BCUT2D eigenvalue weighted by molar-refractivity contribution is 6.01. The number of aromatic nitrogens is 4. The van der Waals surface area contributed by atoms with Crippen molar-refractivity contribution in [2.45, 2.75) is 32.4 Å². The van der Waals surface area contributed by atoms with E-state index in [9.17, 15) is 9.59 Å². The number of nitrogens with one attached hydrogen (secondary N) is 2. The number of amides is 2. The molecule has 0 bridgehead atoms. The molecule has 2 amide bonds. The van der Waals surface area contributed by atoms with Crippen LogP contribution in [0.5, 0.6) is 0 Å². The smallest absolute Gasteiger partial charge is 0.235 e. The SMILES string of the molecule is Cc1nnc2c(N3CCN(C(=O)C4CC5CCCNC5NC4=O)CC3)nccn12. The first-order chi connectivity index (χ1) is 14.1. The molecule has 3 saturated heterocycles. The Bertz CT molecular complexity index is 935. The molecule has 29 heavy (non-hydrogen) atoms. The molecule has 2 aromatic rings. The maximum absolute atomic E-state index is 13.1. The first-order valence-electron chi connectivity index (χ1n) is 10.4. The van der Waals surface area contributed by atoms with E-state index in [1.54, 1.807) is 6.20 Å². The number of carbonyl (C=O) groups excluding carboxylic acids is 2. The van der Waals surface area contributed by atoms with Crippen molar-refractivity contribution >= 4 is 23.3 Å². The summed E-state index contributed by atoms with van der Waals surface area (Å²) in [5, 5.41) is 14.7. The lowest BCUT2D eigenvalue weighted by molar-refractivity contribution is -0.146. The number of anilines is 1. The fraction of sp³-hybridized carbons (Fsp3) is 0.632. The lowest BCUT2D eigenvalue weighted by atomic mass is 9.82. The summed E-state index contributed by atoms with van der Waals surface area (Å²) in [6, 6.07) is 0. The number of carbonyl (C=O) groups is 2. The number of hydrogen-bond acceptors (Lipinski definition) is 7. The Balaban J connectivity index is 1.25. The van der Waals surface area contributed by atoms with Gasteiger partial charge in [0, 0.05) is 38.6 Å². The molecule has 154 valence electrons. The lowest BCUT2D eigenvalue weighted by Crippen LogP contribution is -2.61. The Morgan fingerprint density at radius 2 is 2.03 bits per heavy atom. The minimum absolute atomic E-state index is 0.0234. The Morgan fingerprint density at radius 1 is 1.21 bits per heavy atom. The van der Waals surface area contributed by atoms with Gasteiger partial charge in [0.2, 0.25) is 17.5 Å². The number of piperazine rings is 1. The van der Waals surface area contributed by atoms with Crippen molar-refractivity contribution in [3.05, 3.63) is 18.2 Å². The minimum Gasteiger partial charge on any atom is -0.350 e. The molecule has 5 heterocycles. The van der Waals surface area contributed by atoms with Crippen LogP contribution in [0, 0.1) is 18.8 Å². The molecule has 0 radical (unpaired) electrons. The van der Waals surface area contributed by atoms with Crippen molar-refractivity contribution < 1.29 is 9.59 Å². The number of fused-ring (bicyclic) bond motifs is 2. The Kier molecular flexibility index (Phi) is 4.57. The summed E-state index contributed by atoms with van der Waals surface area (Å²) in [6.07, 6.45) is 6.42. The molecule has 10 heteroatoms. The normalized spacial score (nSPS) is 27.6. The maximum atomic E-state index is 13.1. The zero-order chi connectivity index (χ0) is 20.0. The zero-order valence-electron chi connectivity index (χ0n) is 16.5. The summed E-state index contributed by atoms with van der Waals surface area (Å²) in [5.74, 6) is 1.19. The zero-order valence-corrected chi connectivity index (χ0v) is 16.5. The van der Waals surface area contributed by atoms with Crippen LogP contribution in [-0.4, -0.2) is 75.2 Å². The molecule has 5 rings (SSSR count). The third-order valence-corrected chi connectivity index (χ3v) is 6.41. The van der Waals surface area contributed by atoms with Crippen LogP contribution in [-0.2, 0) is 9.59 Å². The van der Waals surface area contributed by atoms with Crippen LogP contribution in [0.25, 0.3) is 5.65 Å². The minimum atomic E-state index is -0.566. The number of nitrogens with zero attached hydrogens (tertiary/aromatic N) is 6. The molecular formula is C19H26N8O2. The predicted molar refractivity (Wildman–Crippen MR) is 105 cm³/mol. The second-order valence-corrected chi connectivity index (χ2v) is 8.13. The van der Waals surface area contributed by atoms with Gasteiger partial charge in [-0.05, 0) is 38.6 Å². The van der Waals surface area contributed by atoms with Crippen LogP contribution < -0.4 is 15.5 Å². The second kappa shape index (κ2) is 7.25. The van der Waals surface area contributed by atoms with Crippen LogP contribution in [0.2, 0.25) is 0 Å². The first kappa shape index (κ1) is 18.3. The van der Waals surface area contributed by atoms with E-state index < -0.39 is 5.92 Å². The number of rotatable bonds is 2. The maximum Gasteiger partial charge on any atom is 0.235 e. The lowest BCUT2D eigenvalue weighted by Gasteiger charge is -2.42. The first-order valence-corrected chi connectivity index (χ1v) is 10.4. The summed E-state index contributed by atoms with van der Waals surface area (Å²) in [6.45, 7) is 5.30. The largest absolute Gasteiger partial charge is 0.350 e. The van der Waals surface area contributed by atoms with Crippen molar-refractivity contribution in [1.29, 1.82) is 0 Å². The third-order valence-electron chi connectivity index (χ3n) is 6.41. The van der Waals surface area contributed by atoms with Crippen LogP contribution in [0.3, 0.4) is 0 Å². The van der Waals surface area contributed by atoms with E-state index in [0.717, 1.165) is 36.7 Å². The molecule has 0 saturated carbocycles. The number of piperidine rings is 2. The van der Waals surface area contributed by atoms with E-state index >= 15 is 0 Å². The highest BCUT2D eigenvalue weighted by Gasteiger charge is 2.42. The Labute approximate surface area is 168 Å². The highest BCUT2D eigenvalue weighted by Crippen LogP contribution is 2.29. The molecule has 0 aliphatic carbocycles. The van der Waals surface area contributed by atoms with Gasteiger partial charge < -0.3 is 15.1 Å². The van der Waals surface area contributed by atoms with Gasteiger partial charge in [-0.2, -0.15) is 0 Å². The molecule has 3 unspecified atom stereocenters. The second-order valence-electron chi connectivity index (χ2n) is 8.13. The monoisotopic (exact) mass is 398 g/mol. The van der Waals surface area contributed by atoms with E-state index in [0.29, 0.717) is 38.5 Å². The van der Waals surface area contributed by atoms with Crippen LogP contribution in [0.1, 0.15) is 25.1 Å². The van der Waals surface area contributed by atoms with E-state index in [4.69, 9.17) is 0 Å². The van der Waals surface area contributed by atoms with Gasteiger partial charge in [0.15, 0.2) is 5.82 Å². The van der Waals surface area contributed by atoms with E-state index in [1.807, 2.05) is 22.4 Å². The van der Waals surface area contributed by atoms with Crippen LogP contribution >= 0.6 is 0 Å². The average molecular weight is 398 g/mol. The molecule has 3 atom stereocenters. The third kappa shape index (κ3) is 3.21. The summed E-state index contributed by atoms with van der Waals surface area (Å²) < 4.78 is 1.92.